The summed E-state index contributed by atoms with van der Waals surface area (Å²) in [4.78, 5) is 11.8. The van der Waals surface area contributed by atoms with Crippen LogP contribution in [0, 0.1) is 0 Å². The summed E-state index contributed by atoms with van der Waals surface area (Å²) < 4.78 is 4.92. The fourth-order valence-electron chi connectivity index (χ4n) is 2.31. The number of ether oxygens (including phenoxy) is 1. The van der Waals surface area contributed by atoms with Crippen LogP contribution < -0.4 is 16.0 Å². The van der Waals surface area contributed by atoms with E-state index < -0.39 is 0 Å². The number of carbonyl (C=O) groups excluding carboxylic acids is 1. The second-order valence-electron chi connectivity index (χ2n) is 5.57. The van der Waals surface area contributed by atoms with E-state index in [2.05, 4.69) is 35.0 Å². The van der Waals surface area contributed by atoms with Crippen molar-refractivity contribution in [1.82, 2.24) is 5.32 Å². The minimum Gasteiger partial charge on any atom is -0.383 e. The van der Waals surface area contributed by atoms with Gasteiger partial charge in [-0.2, -0.15) is 0 Å². The van der Waals surface area contributed by atoms with Crippen LogP contribution in [-0.4, -0.2) is 32.7 Å². The summed E-state index contributed by atoms with van der Waals surface area (Å²) in [6, 6.07) is 18.2. The van der Waals surface area contributed by atoms with Crippen LogP contribution in [0.4, 0.5) is 11.4 Å². The van der Waals surface area contributed by atoms with E-state index in [-0.39, 0.29) is 18.5 Å². The van der Waals surface area contributed by atoms with E-state index in [1.165, 1.54) is 5.56 Å². The highest BCUT2D eigenvalue weighted by Crippen LogP contribution is 2.20. The van der Waals surface area contributed by atoms with Crippen molar-refractivity contribution >= 4 is 17.3 Å². The van der Waals surface area contributed by atoms with Crippen LogP contribution >= 0.6 is 0 Å². The Morgan fingerprint density at radius 1 is 1.04 bits per heavy atom. The number of hydrogen-bond acceptors (Lipinski definition) is 4. The lowest BCUT2D eigenvalue weighted by atomic mass is 10.1. The summed E-state index contributed by atoms with van der Waals surface area (Å²) in [5, 5.41) is 9.32. The third-order valence-electron chi connectivity index (χ3n) is 3.62. The molecule has 2 rings (SSSR count). The lowest BCUT2D eigenvalue weighted by Gasteiger charge is -2.16. The predicted molar refractivity (Wildman–Crippen MR) is 98.3 cm³/mol. The van der Waals surface area contributed by atoms with Crippen LogP contribution in [0.25, 0.3) is 0 Å². The Kier molecular flexibility index (Phi) is 7.26. The monoisotopic (exact) mass is 327 g/mol. The van der Waals surface area contributed by atoms with Crippen molar-refractivity contribution in [3.8, 4) is 0 Å². The summed E-state index contributed by atoms with van der Waals surface area (Å²) in [6.45, 7) is 3.64. The fourth-order valence-corrected chi connectivity index (χ4v) is 2.31. The van der Waals surface area contributed by atoms with Crippen LogP contribution in [0.2, 0.25) is 0 Å². The topological polar surface area (TPSA) is 62.4 Å². The summed E-state index contributed by atoms with van der Waals surface area (Å²) in [6.07, 6.45) is 0. The molecule has 2 aromatic rings. The molecule has 0 radical (unpaired) electrons. The molecule has 0 heterocycles. The molecule has 0 aliphatic heterocycles. The van der Waals surface area contributed by atoms with Crippen LogP contribution in [-0.2, 0) is 9.53 Å². The Bertz CT molecular complexity index is 614. The first kappa shape index (κ1) is 18.0. The molecule has 1 amide bonds. The maximum Gasteiger partial charge on any atom is 0.238 e. The lowest BCUT2D eigenvalue weighted by Crippen LogP contribution is -2.30. The minimum absolute atomic E-state index is 0.0653. The molecule has 128 valence electrons. The third-order valence-corrected chi connectivity index (χ3v) is 3.62. The second-order valence-corrected chi connectivity index (χ2v) is 5.57. The number of rotatable bonds is 9. The van der Waals surface area contributed by atoms with Crippen LogP contribution in [0.15, 0.2) is 54.6 Å². The second kappa shape index (κ2) is 9.70. The largest absolute Gasteiger partial charge is 0.383 e. The molecule has 24 heavy (non-hydrogen) atoms. The fraction of sp³-hybridized carbons (Fsp3) is 0.316. The van der Waals surface area contributed by atoms with Gasteiger partial charge in [0.1, 0.15) is 0 Å². The Morgan fingerprint density at radius 2 is 1.71 bits per heavy atom. The van der Waals surface area contributed by atoms with E-state index >= 15 is 0 Å². The molecule has 0 fully saturated rings. The highest BCUT2D eigenvalue weighted by molar-refractivity contribution is 5.92. The molecule has 0 bridgehead atoms. The maximum atomic E-state index is 11.8. The van der Waals surface area contributed by atoms with Gasteiger partial charge in [0.15, 0.2) is 0 Å². The van der Waals surface area contributed by atoms with E-state index in [1.54, 1.807) is 7.11 Å². The van der Waals surface area contributed by atoms with Gasteiger partial charge < -0.3 is 20.7 Å². The van der Waals surface area contributed by atoms with E-state index in [0.717, 1.165) is 11.4 Å². The van der Waals surface area contributed by atoms with Gasteiger partial charge in [0.25, 0.3) is 0 Å². The van der Waals surface area contributed by atoms with Gasteiger partial charge in [0.05, 0.1) is 13.2 Å². The number of carbonyl (C=O) groups is 1. The number of anilines is 2. The van der Waals surface area contributed by atoms with Crippen molar-refractivity contribution in [1.29, 1.82) is 0 Å². The van der Waals surface area contributed by atoms with Crippen molar-refractivity contribution in [2.75, 3.05) is 37.4 Å². The zero-order valence-corrected chi connectivity index (χ0v) is 14.2. The van der Waals surface area contributed by atoms with Gasteiger partial charge in [-0.25, -0.2) is 0 Å². The molecule has 2 aromatic carbocycles. The number of hydrogen-bond donors (Lipinski definition) is 3. The van der Waals surface area contributed by atoms with Crippen molar-refractivity contribution < 1.29 is 9.53 Å². The van der Waals surface area contributed by atoms with Crippen molar-refractivity contribution in [2.24, 2.45) is 0 Å². The molecule has 1 unspecified atom stereocenters. The normalized spacial score (nSPS) is 11.8. The van der Waals surface area contributed by atoms with E-state index in [4.69, 9.17) is 4.74 Å². The molecular weight excluding hydrogens is 302 g/mol. The highest BCUT2D eigenvalue weighted by atomic mass is 16.5. The van der Waals surface area contributed by atoms with Gasteiger partial charge in [0, 0.05) is 31.1 Å². The zero-order chi connectivity index (χ0) is 17.2. The van der Waals surface area contributed by atoms with Crippen LogP contribution in [0.5, 0.6) is 0 Å². The average molecular weight is 327 g/mol. The summed E-state index contributed by atoms with van der Waals surface area (Å²) in [5.74, 6) is -0.0653. The molecule has 0 aliphatic rings. The number of nitrogens with one attached hydrogen (secondary N) is 3. The molecule has 0 saturated carbocycles. The van der Waals surface area contributed by atoms with Gasteiger partial charge in [0.2, 0.25) is 5.91 Å². The molecule has 1 atom stereocenters. The lowest BCUT2D eigenvalue weighted by molar-refractivity contribution is -0.115. The molecule has 0 aliphatic carbocycles. The van der Waals surface area contributed by atoms with Gasteiger partial charge in [-0.3, -0.25) is 4.79 Å². The summed E-state index contributed by atoms with van der Waals surface area (Å²) in [5.41, 5.74) is 3.03. The minimum atomic E-state index is -0.0653. The Morgan fingerprint density at radius 3 is 2.38 bits per heavy atom. The van der Waals surface area contributed by atoms with Gasteiger partial charge in [-0.1, -0.05) is 30.3 Å². The van der Waals surface area contributed by atoms with Crippen molar-refractivity contribution in [3.05, 3.63) is 60.2 Å². The van der Waals surface area contributed by atoms with Gasteiger partial charge in [-0.15, -0.1) is 0 Å². The molecule has 3 N–H and O–H groups in total. The quantitative estimate of drug-likeness (QED) is 0.620. The third kappa shape index (κ3) is 6.02. The standard InChI is InChI=1S/C19H25N3O2/c1-15(16-6-4-3-5-7-16)21-17-8-10-18(11-9-17)22-19(23)14-20-12-13-24-2/h3-11,15,20-21H,12-14H2,1-2H3,(H,22,23). The Hall–Kier alpha value is -2.37. The van der Waals surface area contributed by atoms with Crippen molar-refractivity contribution in [2.45, 2.75) is 13.0 Å². The summed E-state index contributed by atoms with van der Waals surface area (Å²) in [7, 11) is 1.63. The van der Waals surface area contributed by atoms with E-state index in [9.17, 15) is 4.79 Å². The SMILES string of the molecule is COCCNCC(=O)Nc1ccc(NC(C)c2ccccc2)cc1. The van der Waals surface area contributed by atoms with Crippen molar-refractivity contribution in [3.63, 3.8) is 0 Å². The highest BCUT2D eigenvalue weighted by Gasteiger charge is 2.05. The zero-order valence-electron chi connectivity index (χ0n) is 14.2. The first-order valence-corrected chi connectivity index (χ1v) is 8.10. The first-order valence-electron chi connectivity index (χ1n) is 8.10. The summed E-state index contributed by atoms with van der Waals surface area (Å²) >= 11 is 0. The number of methoxy groups -OCH3 is 1. The Balaban J connectivity index is 1.81. The smallest absolute Gasteiger partial charge is 0.238 e. The number of benzene rings is 2. The molecule has 5 heteroatoms. The molecule has 5 nitrogen and oxygen atoms in total. The Labute approximate surface area is 143 Å². The van der Waals surface area contributed by atoms with Gasteiger partial charge >= 0.3 is 0 Å². The first-order chi connectivity index (χ1) is 11.7. The molecular formula is C19H25N3O2. The van der Waals surface area contributed by atoms with E-state index in [1.807, 2.05) is 42.5 Å². The van der Waals surface area contributed by atoms with Crippen LogP contribution in [0.1, 0.15) is 18.5 Å². The van der Waals surface area contributed by atoms with E-state index in [0.29, 0.717) is 13.2 Å². The average Bonchev–Trinajstić information content (AvgIpc) is 2.61. The molecule has 0 aromatic heterocycles. The predicted octanol–water partition coefficient (Wildman–Crippen LogP) is 3.03. The molecule has 0 spiro atoms. The van der Waals surface area contributed by atoms with Gasteiger partial charge in [-0.05, 0) is 36.8 Å². The maximum absolute atomic E-state index is 11.8. The number of amides is 1. The molecule has 0 saturated heterocycles. The van der Waals surface area contributed by atoms with Crippen LogP contribution in [0.3, 0.4) is 0 Å².